The number of terminal acetylenes is 1. The second-order valence-electron chi connectivity index (χ2n) is 1.21. The van der Waals surface area contributed by atoms with E-state index in [4.69, 9.17) is 6.42 Å². The molecule has 9 heavy (non-hydrogen) atoms. The van der Waals surface area contributed by atoms with Crippen LogP contribution >= 0.6 is 0 Å². The maximum absolute atomic E-state index is 10.2. The monoisotopic (exact) mass is 146 g/mol. The molecule has 0 bridgehead atoms. The molecule has 0 atom stereocenters. The van der Waals surface area contributed by atoms with Gasteiger partial charge in [0.2, 0.25) is 5.76 Å². The van der Waals surface area contributed by atoms with E-state index in [9.17, 15) is 8.42 Å². The standard InChI is InChI=1S/C4H2O4S/c1-2-4-3-7-9(5,6)8-4/h1,3H. The zero-order valence-corrected chi connectivity index (χ0v) is 5.01. The van der Waals surface area contributed by atoms with E-state index >= 15 is 0 Å². The van der Waals surface area contributed by atoms with Crippen LogP contribution in [-0.4, -0.2) is 8.42 Å². The third-order valence-corrected chi connectivity index (χ3v) is 1.32. The van der Waals surface area contributed by atoms with Crippen LogP contribution in [0.15, 0.2) is 12.0 Å². The molecule has 0 N–H and O–H groups in total. The fraction of sp³-hybridized carbons (Fsp3) is 0. The molecule has 0 aromatic carbocycles. The van der Waals surface area contributed by atoms with Gasteiger partial charge in [0, 0.05) is 0 Å². The maximum Gasteiger partial charge on any atom is 0.501 e. The topological polar surface area (TPSA) is 52.6 Å². The van der Waals surface area contributed by atoms with E-state index in [1.807, 2.05) is 5.92 Å². The zero-order valence-electron chi connectivity index (χ0n) is 4.20. The Morgan fingerprint density at radius 1 is 1.67 bits per heavy atom. The van der Waals surface area contributed by atoms with E-state index in [2.05, 4.69) is 8.37 Å². The fourth-order valence-corrected chi connectivity index (χ4v) is 0.862. The van der Waals surface area contributed by atoms with Crippen molar-refractivity contribution < 1.29 is 16.8 Å². The Morgan fingerprint density at radius 2 is 2.33 bits per heavy atom. The molecule has 0 fully saturated rings. The highest BCUT2D eigenvalue weighted by Crippen LogP contribution is 2.13. The molecule has 1 aliphatic rings. The van der Waals surface area contributed by atoms with Crippen molar-refractivity contribution >= 4 is 10.4 Å². The summed E-state index contributed by atoms with van der Waals surface area (Å²) in [5, 5.41) is 0. The summed E-state index contributed by atoms with van der Waals surface area (Å²) in [7, 11) is -3.84. The van der Waals surface area contributed by atoms with Crippen molar-refractivity contribution in [3.63, 3.8) is 0 Å². The van der Waals surface area contributed by atoms with Gasteiger partial charge in [0.05, 0.1) is 0 Å². The van der Waals surface area contributed by atoms with Crippen LogP contribution in [0.25, 0.3) is 0 Å². The van der Waals surface area contributed by atoms with Crippen molar-refractivity contribution in [2.75, 3.05) is 0 Å². The van der Waals surface area contributed by atoms with Gasteiger partial charge in [-0.1, -0.05) is 0 Å². The van der Waals surface area contributed by atoms with E-state index in [0.29, 0.717) is 0 Å². The quantitative estimate of drug-likeness (QED) is 0.442. The van der Waals surface area contributed by atoms with Gasteiger partial charge < -0.3 is 8.37 Å². The third kappa shape index (κ3) is 1.15. The highest BCUT2D eigenvalue weighted by molar-refractivity contribution is 7.82. The molecule has 0 aliphatic carbocycles. The van der Waals surface area contributed by atoms with Gasteiger partial charge in [-0.2, -0.15) is 0 Å². The van der Waals surface area contributed by atoms with Gasteiger partial charge in [0.1, 0.15) is 0 Å². The summed E-state index contributed by atoms with van der Waals surface area (Å²) in [6.45, 7) is 0. The second kappa shape index (κ2) is 1.67. The SMILES string of the molecule is C#CC1=COS(=O)(=O)O1. The predicted molar refractivity (Wildman–Crippen MR) is 28.0 cm³/mol. The first kappa shape index (κ1) is 5.98. The van der Waals surface area contributed by atoms with Crippen LogP contribution in [0, 0.1) is 12.3 Å². The minimum atomic E-state index is -3.84. The molecule has 0 aromatic rings. The maximum atomic E-state index is 10.2. The average molecular weight is 146 g/mol. The number of allylic oxidation sites excluding steroid dienone is 1. The Balaban J connectivity index is 2.87. The summed E-state index contributed by atoms with van der Waals surface area (Å²) in [5.41, 5.74) is 0. The molecule has 0 unspecified atom stereocenters. The molecular weight excluding hydrogens is 144 g/mol. The van der Waals surface area contributed by atoms with E-state index in [0.717, 1.165) is 6.26 Å². The van der Waals surface area contributed by atoms with Crippen molar-refractivity contribution in [1.29, 1.82) is 0 Å². The first-order valence-corrected chi connectivity index (χ1v) is 3.27. The Kier molecular flexibility index (Phi) is 1.11. The van der Waals surface area contributed by atoms with Crippen LogP contribution in [0.1, 0.15) is 0 Å². The molecule has 0 radical (unpaired) electrons. The molecule has 0 saturated heterocycles. The lowest BCUT2D eigenvalue weighted by atomic mass is 10.6. The predicted octanol–water partition coefficient (Wildman–Crippen LogP) is -0.247. The molecule has 0 aromatic heterocycles. The molecule has 48 valence electrons. The van der Waals surface area contributed by atoms with Crippen molar-refractivity contribution in [1.82, 2.24) is 0 Å². The smallest absolute Gasteiger partial charge is 0.356 e. The lowest BCUT2D eigenvalue weighted by Crippen LogP contribution is -1.96. The van der Waals surface area contributed by atoms with Crippen molar-refractivity contribution in [3.05, 3.63) is 12.0 Å². The molecule has 1 rings (SSSR count). The summed E-state index contributed by atoms with van der Waals surface area (Å²) in [5.74, 6) is 1.82. The highest BCUT2D eigenvalue weighted by Gasteiger charge is 2.21. The Morgan fingerprint density at radius 3 is 2.56 bits per heavy atom. The van der Waals surface area contributed by atoms with E-state index in [-0.39, 0.29) is 5.76 Å². The first-order valence-electron chi connectivity index (χ1n) is 1.93. The zero-order chi connectivity index (χ0) is 6.91. The lowest BCUT2D eigenvalue weighted by molar-refractivity contribution is 0.374. The summed E-state index contributed by atoms with van der Waals surface area (Å²) < 4.78 is 28.5. The molecule has 0 spiro atoms. The molecule has 4 nitrogen and oxygen atoms in total. The van der Waals surface area contributed by atoms with Crippen LogP contribution in [0.2, 0.25) is 0 Å². The van der Waals surface area contributed by atoms with Gasteiger partial charge in [-0.3, -0.25) is 0 Å². The number of hydrogen-bond donors (Lipinski definition) is 0. The fourth-order valence-electron chi connectivity index (χ4n) is 0.310. The minimum absolute atomic E-state index is 0.130. The van der Waals surface area contributed by atoms with Crippen molar-refractivity contribution in [2.24, 2.45) is 0 Å². The van der Waals surface area contributed by atoms with Crippen LogP contribution in [0.3, 0.4) is 0 Å². The van der Waals surface area contributed by atoms with Crippen LogP contribution < -0.4 is 0 Å². The van der Waals surface area contributed by atoms with Crippen LogP contribution in [-0.2, 0) is 18.8 Å². The lowest BCUT2D eigenvalue weighted by Gasteiger charge is -1.88. The van der Waals surface area contributed by atoms with Gasteiger partial charge in [-0.15, -0.1) is 14.8 Å². The van der Waals surface area contributed by atoms with Gasteiger partial charge >= 0.3 is 10.4 Å². The molecule has 1 aliphatic heterocycles. The first-order chi connectivity index (χ1) is 4.14. The summed E-state index contributed by atoms with van der Waals surface area (Å²) in [4.78, 5) is 0. The summed E-state index contributed by atoms with van der Waals surface area (Å²) >= 11 is 0. The van der Waals surface area contributed by atoms with E-state index in [1.54, 1.807) is 0 Å². The minimum Gasteiger partial charge on any atom is -0.356 e. The molecule has 0 amide bonds. The third-order valence-electron chi connectivity index (χ3n) is 0.607. The molecule has 5 heteroatoms. The Labute approximate surface area is 52.4 Å². The molecule has 1 heterocycles. The molecule has 0 saturated carbocycles. The van der Waals surface area contributed by atoms with Crippen LogP contribution in [0.5, 0.6) is 0 Å². The largest absolute Gasteiger partial charge is 0.501 e. The van der Waals surface area contributed by atoms with Crippen molar-refractivity contribution in [2.45, 2.75) is 0 Å². The summed E-state index contributed by atoms with van der Waals surface area (Å²) in [6, 6.07) is 0. The van der Waals surface area contributed by atoms with Gasteiger partial charge in [-0.25, -0.2) is 0 Å². The summed E-state index contributed by atoms with van der Waals surface area (Å²) in [6.07, 6.45) is 5.62. The number of rotatable bonds is 0. The van der Waals surface area contributed by atoms with Gasteiger partial charge in [0.25, 0.3) is 0 Å². The average Bonchev–Trinajstić information content (AvgIpc) is 2.10. The normalized spacial score (nSPS) is 21.0. The Hall–Kier alpha value is -1.15. The second-order valence-corrected chi connectivity index (χ2v) is 2.39. The van der Waals surface area contributed by atoms with E-state index in [1.165, 1.54) is 0 Å². The number of hydrogen-bond acceptors (Lipinski definition) is 4. The molecular formula is C4H2O4S. The van der Waals surface area contributed by atoms with Crippen molar-refractivity contribution in [3.8, 4) is 12.3 Å². The van der Waals surface area contributed by atoms with Crippen LogP contribution in [0.4, 0.5) is 0 Å². The van der Waals surface area contributed by atoms with Gasteiger partial charge in [-0.05, 0) is 5.92 Å². The van der Waals surface area contributed by atoms with Gasteiger partial charge in [0.15, 0.2) is 6.26 Å². The van der Waals surface area contributed by atoms with E-state index < -0.39 is 10.4 Å². The highest BCUT2D eigenvalue weighted by atomic mass is 32.3. The Bertz CT molecular complexity index is 278.